The summed E-state index contributed by atoms with van der Waals surface area (Å²) < 4.78 is 5.68. The summed E-state index contributed by atoms with van der Waals surface area (Å²) in [5, 5.41) is 11.8. The fraction of sp³-hybridized carbons (Fsp3) is 0.500. The van der Waals surface area contributed by atoms with Gasteiger partial charge in [-0.15, -0.1) is 0 Å². The Kier molecular flexibility index (Phi) is 3.35. The van der Waals surface area contributed by atoms with Crippen LogP contribution >= 0.6 is 0 Å². The van der Waals surface area contributed by atoms with Crippen LogP contribution in [0, 0.1) is 19.8 Å². The fourth-order valence-corrected chi connectivity index (χ4v) is 2.72. The Morgan fingerprint density at radius 2 is 1.95 bits per heavy atom. The van der Waals surface area contributed by atoms with Crippen LogP contribution in [-0.4, -0.2) is 29.1 Å². The molecule has 1 aromatic carbocycles. The molecule has 1 saturated carbocycles. The van der Waals surface area contributed by atoms with Gasteiger partial charge < -0.3 is 15.2 Å². The molecule has 2 atom stereocenters. The van der Waals surface area contributed by atoms with Crippen molar-refractivity contribution in [3.8, 4) is 5.75 Å². The Morgan fingerprint density at radius 1 is 1.29 bits per heavy atom. The van der Waals surface area contributed by atoms with Crippen molar-refractivity contribution in [3.05, 3.63) is 28.8 Å². The average molecular weight is 289 g/mol. The smallest absolute Gasteiger partial charge is 0.326 e. The minimum Gasteiger partial charge on any atom is -0.480 e. The molecule has 1 aliphatic carbocycles. The summed E-state index contributed by atoms with van der Waals surface area (Å²) in [4.78, 5) is 23.4. The van der Waals surface area contributed by atoms with Crippen LogP contribution in [0.1, 0.15) is 29.5 Å². The number of carboxylic acids is 1. The van der Waals surface area contributed by atoms with E-state index in [0.717, 1.165) is 29.7 Å². The standard InChI is InChI=1S/C16H19NO4/c1-8-5-11-7-13(21-12(11)6-9(8)2)15(18)17-14(16(19)20)10-3-4-10/h5-6,10,13-14H,3-4,7H2,1-2H3,(H,17,18)(H,19,20). The van der Waals surface area contributed by atoms with Gasteiger partial charge in [0, 0.05) is 6.42 Å². The maximum absolute atomic E-state index is 12.2. The Morgan fingerprint density at radius 3 is 2.57 bits per heavy atom. The van der Waals surface area contributed by atoms with Gasteiger partial charge in [0.1, 0.15) is 11.8 Å². The van der Waals surface area contributed by atoms with E-state index in [-0.39, 0.29) is 11.8 Å². The predicted octanol–water partition coefficient (Wildman–Crippen LogP) is 1.59. The van der Waals surface area contributed by atoms with Crippen LogP contribution in [0.3, 0.4) is 0 Å². The molecule has 2 aliphatic rings. The minimum absolute atomic E-state index is 0.0692. The van der Waals surface area contributed by atoms with Crippen LogP contribution in [0.15, 0.2) is 12.1 Å². The quantitative estimate of drug-likeness (QED) is 0.882. The average Bonchev–Trinajstić information content (AvgIpc) is 3.17. The third-order valence-electron chi connectivity index (χ3n) is 4.30. The number of carbonyl (C=O) groups is 2. The monoisotopic (exact) mass is 289 g/mol. The van der Waals surface area contributed by atoms with E-state index in [2.05, 4.69) is 5.32 Å². The first kappa shape index (κ1) is 13.9. The molecule has 3 rings (SSSR count). The van der Waals surface area contributed by atoms with Gasteiger partial charge in [-0.05, 0) is 55.4 Å². The van der Waals surface area contributed by atoms with E-state index in [1.54, 1.807) is 0 Å². The number of aliphatic carboxylic acids is 1. The number of carboxylic acid groups (broad SMARTS) is 1. The maximum Gasteiger partial charge on any atom is 0.326 e. The highest BCUT2D eigenvalue weighted by Crippen LogP contribution is 2.34. The SMILES string of the molecule is Cc1cc2c(cc1C)OC(C(=O)NC(C(=O)O)C1CC1)C2. The molecule has 2 unspecified atom stereocenters. The number of benzene rings is 1. The Labute approximate surface area is 123 Å². The van der Waals surface area contributed by atoms with Crippen LogP contribution in [0.25, 0.3) is 0 Å². The van der Waals surface area contributed by atoms with Gasteiger partial charge in [-0.2, -0.15) is 0 Å². The number of amides is 1. The van der Waals surface area contributed by atoms with Gasteiger partial charge in [0.05, 0.1) is 0 Å². The number of aryl methyl sites for hydroxylation is 2. The topological polar surface area (TPSA) is 75.6 Å². The summed E-state index contributed by atoms with van der Waals surface area (Å²) in [6.07, 6.45) is 1.60. The number of ether oxygens (including phenoxy) is 1. The van der Waals surface area contributed by atoms with Crippen LogP contribution in [0.4, 0.5) is 0 Å². The molecule has 5 heteroatoms. The Hall–Kier alpha value is -2.04. The first-order valence-corrected chi connectivity index (χ1v) is 7.25. The third-order valence-corrected chi connectivity index (χ3v) is 4.30. The minimum atomic E-state index is -0.965. The van der Waals surface area contributed by atoms with Crippen molar-refractivity contribution in [3.63, 3.8) is 0 Å². The van der Waals surface area contributed by atoms with Gasteiger partial charge in [0.15, 0.2) is 6.10 Å². The number of hydrogen-bond acceptors (Lipinski definition) is 3. The summed E-state index contributed by atoms with van der Waals surface area (Å²) in [6.45, 7) is 4.02. The summed E-state index contributed by atoms with van der Waals surface area (Å²) >= 11 is 0. The second-order valence-corrected chi connectivity index (χ2v) is 6.02. The maximum atomic E-state index is 12.2. The van der Waals surface area contributed by atoms with E-state index < -0.39 is 18.1 Å². The molecule has 21 heavy (non-hydrogen) atoms. The number of rotatable bonds is 4. The van der Waals surface area contributed by atoms with Crippen molar-refractivity contribution in [1.82, 2.24) is 5.32 Å². The largest absolute Gasteiger partial charge is 0.480 e. The summed E-state index contributed by atoms with van der Waals surface area (Å²) in [5.74, 6) is -0.495. The van der Waals surface area contributed by atoms with E-state index in [1.165, 1.54) is 5.56 Å². The number of fused-ring (bicyclic) bond motifs is 1. The number of nitrogens with one attached hydrogen (secondary N) is 1. The Balaban J connectivity index is 1.69. The fourth-order valence-electron chi connectivity index (χ4n) is 2.72. The van der Waals surface area contributed by atoms with Crippen LogP contribution in [0.5, 0.6) is 5.75 Å². The van der Waals surface area contributed by atoms with E-state index in [0.29, 0.717) is 6.42 Å². The second-order valence-electron chi connectivity index (χ2n) is 6.02. The zero-order chi connectivity index (χ0) is 15.1. The van der Waals surface area contributed by atoms with Crippen molar-refractivity contribution in [1.29, 1.82) is 0 Å². The van der Waals surface area contributed by atoms with Crippen molar-refractivity contribution in [2.45, 2.75) is 45.3 Å². The summed E-state index contributed by atoms with van der Waals surface area (Å²) in [5.41, 5.74) is 3.30. The highest BCUT2D eigenvalue weighted by Gasteiger charge is 2.39. The molecule has 5 nitrogen and oxygen atoms in total. The normalized spacial score (nSPS) is 21.3. The number of hydrogen-bond donors (Lipinski definition) is 2. The van der Waals surface area contributed by atoms with Crippen molar-refractivity contribution < 1.29 is 19.4 Å². The number of carbonyl (C=O) groups excluding carboxylic acids is 1. The van der Waals surface area contributed by atoms with Gasteiger partial charge in [-0.25, -0.2) is 4.79 Å². The summed E-state index contributed by atoms with van der Waals surface area (Å²) in [6, 6.07) is 3.19. The van der Waals surface area contributed by atoms with Gasteiger partial charge in [-0.1, -0.05) is 6.07 Å². The van der Waals surface area contributed by atoms with Crippen molar-refractivity contribution in [2.75, 3.05) is 0 Å². The lowest BCUT2D eigenvalue weighted by atomic mass is 10.0. The van der Waals surface area contributed by atoms with Crippen molar-refractivity contribution >= 4 is 11.9 Å². The molecule has 112 valence electrons. The van der Waals surface area contributed by atoms with Gasteiger partial charge in [-0.3, -0.25) is 4.79 Å². The molecular formula is C16H19NO4. The molecule has 1 aliphatic heterocycles. The molecule has 0 aromatic heterocycles. The molecule has 0 bridgehead atoms. The van der Waals surface area contributed by atoms with Crippen molar-refractivity contribution in [2.24, 2.45) is 5.92 Å². The predicted molar refractivity (Wildman–Crippen MR) is 76.3 cm³/mol. The molecule has 1 fully saturated rings. The molecule has 0 saturated heterocycles. The van der Waals surface area contributed by atoms with Crippen LogP contribution < -0.4 is 10.1 Å². The van der Waals surface area contributed by atoms with Crippen LogP contribution in [0.2, 0.25) is 0 Å². The first-order valence-electron chi connectivity index (χ1n) is 7.25. The molecule has 1 amide bonds. The van der Waals surface area contributed by atoms with E-state index in [9.17, 15) is 9.59 Å². The Bertz CT molecular complexity index is 576. The van der Waals surface area contributed by atoms with Gasteiger partial charge in [0.25, 0.3) is 5.91 Å². The zero-order valence-corrected chi connectivity index (χ0v) is 12.2. The third kappa shape index (κ3) is 2.73. The lowest BCUT2D eigenvalue weighted by Gasteiger charge is -2.16. The van der Waals surface area contributed by atoms with Gasteiger partial charge >= 0.3 is 5.97 Å². The highest BCUT2D eigenvalue weighted by molar-refractivity contribution is 5.87. The highest BCUT2D eigenvalue weighted by atomic mass is 16.5. The molecular weight excluding hydrogens is 270 g/mol. The van der Waals surface area contributed by atoms with E-state index in [1.807, 2.05) is 26.0 Å². The molecule has 0 spiro atoms. The first-order chi connectivity index (χ1) is 9.95. The molecule has 2 N–H and O–H groups in total. The lowest BCUT2D eigenvalue weighted by molar-refractivity contribution is -0.143. The molecule has 1 heterocycles. The van der Waals surface area contributed by atoms with E-state index in [4.69, 9.17) is 9.84 Å². The van der Waals surface area contributed by atoms with Crippen LogP contribution in [-0.2, 0) is 16.0 Å². The molecule has 1 aromatic rings. The van der Waals surface area contributed by atoms with E-state index >= 15 is 0 Å². The zero-order valence-electron chi connectivity index (χ0n) is 12.2. The van der Waals surface area contributed by atoms with Gasteiger partial charge in [0.2, 0.25) is 0 Å². The summed E-state index contributed by atoms with van der Waals surface area (Å²) in [7, 11) is 0. The molecule has 0 radical (unpaired) electrons. The second kappa shape index (κ2) is 5.06. The lowest BCUT2D eigenvalue weighted by Crippen LogP contribution is -2.47.